The van der Waals surface area contributed by atoms with Gasteiger partial charge < -0.3 is 23.9 Å². The van der Waals surface area contributed by atoms with Crippen LogP contribution in [-0.2, 0) is 20.8 Å². The Hall–Kier alpha value is -1.49. The number of rotatable bonds is 10. The zero-order valence-corrected chi connectivity index (χ0v) is 16.7. The number of benzene rings is 1. The van der Waals surface area contributed by atoms with E-state index in [9.17, 15) is 9.59 Å². The second-order valence-corrected chi connectivity index (χ2v) is 6.64. The van der Waals surface area contributed by atoms with Crippen molar-refractivity contribution in [1.29, 1.82) is 0 Å². The number of carbonyl (C=O) groups is 1. The number of hydrogen-bond donors (Lipinski definition) is 1. The van der Waals surface area contributed by atoms with Crippen LogP contribution in [0.1, 0.15) is 17.3 Å². The first kappa shape index (κ1) is 20.8. The average molecular weight is 475 g/mol. The number of aliphatic hydroxyl groups is 1. The molecule has 0 aliphatic heterocycles. The monoisotopic (exact) mass is 475 g/mol. The van der Waals surface area contributed by atoms with Crippen LogP contribution in [0.4, 0.5) is 0 Å². The molecule has 26 heavy (non-hydrogen) atoms. The molecule has 0 saturated heterocycles. The van der Waals surface area contributed by atoms with Crippen molar-refractivity contribution < 1.29 is 24.1 Å². The zero-order valence-electron chi connectivity index (χ0n) is 14.6. The number of carbonyl (C=O) groups excluding carboxylic acids is 1. The predicted octanol–water partition coefficient (Wildman–Crippen LogP) is 1.81. The summed E-state index contributed by atoms with van der Waals surface area (Å²) in [7, 11) is 0. The molecule has 2 aromatic rings. The number of pyridine rings is 1. The Morgan fingerprint density at radius 3 is 2.62 bits per heavy atom. The van der Waals surface area contributed by atoms with Gasteiger partial charge in [-0.05, 0) is 47.7 Å². The fourth-order valence-electron chi connectivity index (χ4n) is 2.45. The molecule has 7 nitrogen and oxygen atoms in total. The maximum Gasteiger partial charge on any atom is 0.343 e. The molecule has 0 radical (unpaired) electrons. The molecule has 1 aromatic carbocycles. The molecule has 0 saturated carbocycles. The SMILES string of the molecule is CCOC(=O)c1cn(CCOCCOCCO)c2cc(I)ccc2c1=O. The summed E-state index contributed by atoms with van der Waals surface area (Å²) in [5, 5.41) is 9.11. The van der Waals surface area contributed by atoms with Crippen LogP contribution in [0.15, 0.2) is 29.2 Å². The van der Waals surface area contributed by atoms with Crippen LogP contribution in [0.5, 0.6) is 0 Å². The second-order valence-electron chi connectivity index (χ2n) is 5.40. The fourth-order valence-corrected chi connectivity index (χ4v) is 2.93. The summed E-state index contributed by atoms with van der Waals surface area (Å²) in [5.41, 5.74) is 0.436. The van der Waals surface area contributed by atoms with E-state index in [0.29, 0.717) is 31.8 Å². The molecular weight excluding hydrogens is 453 g/mol. The van der Waals surface area contributed by atoms with Gasteiger partial charge in [-0.1, -0.05) is 0 Å². The van der Waals surface area contributed by atoms with Crippen LogP contribution in [-0.4, -0.2) is 55.3 Å². The molecule has 0 atom stereocenters. The highest BCUT2D eigenvalue weighted by Gasteiger charge is 2.16. The minimum atomic E-state index is -0.620. The van der Waals surface area contributed by atoms with E-state index in [-0.39, 0.29) is 30.8 Å². The minimum Gasteiger partial charge on any atom is -0.462 e. The van der Waals surface area contributed by atoms with Gasteiger partial charge in [0.05, 0.1) is 45.2 Å². The Labute approximate surface area is 165 Å². The molecule has 2 rings (SSSR count). The van der Waals surface area contributed by atoms with Crippen molar-refractivity contribution in [3.8, 4) is 0 Å². The topological polar surface area (TPSA) is 87.0 Å². The normalized spacial score (nSPS) is 11.0. The fraction of sp³-hybridized carbons (Fsp3) is 0.444. The Balaban J connectivity index is 2.20. The van der Waals surface area contributed by atoms with E-state index in [0.717, 1.165) is 9.09 Å². The summed E-state index contributed by atoms with van der Waals surface area (Å²) >= 11 is 2.18. The maximum atomic E-state index is 12.6. The third kappa shape index (κ3) is 5.50. The lowest BCUT2D eigenvalue weighted by Crippen LogP contribution is -2.22. The number of halogens is 1. The van der Waals surface area contributed by atoms with Crippen LogP contribution >= 0.6 is 22.6 Å². The molecule has 0 unspecified atom stereocenters. The summed E-state index contributed by atoms with van der Waals surface area (Å²) in [4.78, 5) is 24.7. The van der Waals surface area contributed by atoms with E-state index >= 15 is 0 Å². The van der Waals surface area contributed by atoms with Crippen LogP contribution in [0.3, 0.4) is 0 Å². The Morgan fingerprint density at radius 1 is 1.19 bits per heavy atom. The van der Waals surface area contributed by atoms with E-state index in [2.05, 4.69) is 22.6 Å². The zero-order chi connectivity index (χ0) is 18.9. The van der Waals surface area contributed by atoms with Gasteiger partial charge in [0.25, 0.3) is 0 Å². The van der Waals surface area contributed by atoms with Gasteiger partial charge in [0.1, 0.15) is 5.56 Å². The number of nitrogens with zero attached hydrogens (tertiary/aromatic N) is 1. The average Bonchev–Trinajstić information content (AvgIpc) is 2.62. The van der Waals surface area contributed by atoms with E-state index in [1.807, 2.05) is 16.7 Å². The standard InChI is InChI=1S/C18H22INO6/c1-2-26-18(23)15-12-20(5-7-24-9-10-25-8-6-21)16-11-13(19)3-4-14(16)17(15)22/h3-4,11-12,21H,2,5-10H2,1H3. The summed E-state index contributed by atoms with van der Waals surface area (Å²) in [6.07, 6.45) is 1.53. The number of ether oxygens (including phenoxy) is 3. The smallest absolute Gasteiger partial charge is 0.343 e. The van der Waals surface area contributed by atoms with Gasteiger partial charge in [-0.15, -0.1) is 0 Å². The third-order valence-electron chi connectivity index (χ3n) is 3.62. The molecule has 142 valence electrons. The molecular formula is C18H22INO6. The number of hydrogen-bond acceptors (Lipinski definition) is 6. The summed E-state index contributed by atoms with van der Waals surface area (Å²) in [5.74, 6) is -0.620. The number of fused-ring (bicyclic) bond motifs is 1. The first-order valence-electron chi connectivity index (χ1n) is 8.34. The van der Waals surface area contributed by atoms with Crippen LogP contribution in [0, 0.1) is 3.57 Å². The molecule has 1 N–H and O–H groups in total. The largest absolute Gasteiger partial charge is 0.462 e. The van der Waals surface area contributed by atoms with E-state index in [4.69, 9.17) is 19.3 Å². The Bertz CT molecular complexity index is 804. The van der Waals surface area contributed by atoms with Crippen molar-refractivity contribution in [2.24, 2.45) is 0 Å². The maximum absolute atomic E-state index is 12.6. The lowest BCUT2D eigenvalue weighted by molar-refractivity contribution is 0.0311. The van der Waals surface area contributed by atoms with E-state index in [1.54, 1.807) is 13.0 Å². The summed E-state index contributed by atoms with van der Waals surface area (Å²) in [6.45, 7) is 3.86. The quantitative estimate of drug-likeness (QED) is 0.321. The molecule has 8 heteroatoms. The van der Waals surface area contributed by atoms with Gasteiger partial charge in [0, 0.05) is 21.7 Å². The molecule has 0 spiro atoms. The lowest BCUT2D eigenvalue weighted by atomic mass is 10.1. The van der Waals surface area contributed by atoms with Crippen LogP contribution < -0.4 is 5.43 Å². The highest BCUT2D eigenvalue weighted by molar-refractivity contribution is 14.1. The van der Waals surface area contributed by atoms with Crippen LogP contribution in [0.25, 0.3) is 10.9 Å². The molecule has 0 bridgehead atoms. The predicted molar refractivity (Wildman–Crippen MR) is 106 cm³/mol. The van der Waals surface area contributed by atoms with Crippen LogP contribution in [0.2, 0.25) is 0 Å². The Morgan fingerprint density at radius 2 is 1.92 bits per heavy atom. The van der Waals surface area contributed by atoms with Gasteiger partial charge >= 0.3 is 5.97 Å². The first-order valence-corrected chi connectivity index (χ1v) is 9.42. The molecule has 0 aliphatic carbocycles. The van der Waals surface area contributed by atoms with E-state index in [1.165, 1.54) is 6.20 Å². The van der Waals surface area contributed by atoms with Crippen molar-refractivity contribution in [2.45, 2.75) is 13.5 Å². The molecule has 0 aliphatic rings. The van der Waals surface area contributed by atoms with Crippen molar-refractivity contribution >= 4 is 39.5 Å². The van der Waals surface area contributed by atoms with Crippen molar-refractivity contribution in [1.82, 2.24) is 4.57 Å². The summed E-state index contributed by atoms with van der Waals surface area (Å²) in [6, 6.07) is 5.46. The third-order valence-corrected chi connectivity index (χ3v) is 4.29. The number of esters is 1. The number of aliphatic hydroxyl groups excluding tert-OH is 1. The number of aromatic nitrogens is 1. The van der Waals surface area contributed by atoms with E-state index < -0.39 is 5.97 Å². The highest BCUT2D eigenvalue weighted by Crippen LogP contribution is 2.16. The Kier molecular flexibility index (Phi) is 8.49. The minimum absolute atomic E-state index is 0.0152. The molecule has 1 aromatic heterocycles. The lowest BCUT2D eigenvalue weighted by Gasteiger charge is -2.14. The van der Waals surface area contributed by atoms with Gasteiger partial charge in [-0.3, -0.25) is 4.79 Å². The summed E-state index contributed by atoms with van der Waals surface area (Å²) < 4.78 is 18.5. The first-order chi connectivity index (χ1) is 12.6. The second kappa shape index (κ2) is 10.6. The van der Waals surface area contributed by atoms with Crippen molar-refractivity contribution in [3.05, 3.63) is 43.8 Å². The van der Waals surface area contributed by atoms with Crippen molar-refractivity contribution in [2.75, 3.05) is 39.6 Å². The van der Waals surface area contributed by atoms with Crippen molar-refractivity contribution in [3.63, 3.8) is 0 Å². The highest BCUT2D eigenvalue weighted by atomic mass is 127. The molecule has 0 fully saturated rings. The van der Waals surface area contributed by atoms with Gasteiger partial charge in [0.2, 0.25) is 5.43 Å². The molecule has 0 amide bonds. The van der Waals surface area contributed by atoms with Gasteiger partial charge in [0.15, 0.2) is 0 Å². The van der Waals surface area contributed by atoms with Gasteiger partial charge in [-0.2, -0.15) is 0 Å². The molecule has 1 heterocycles. The van der Waals surface area contributed by atoms with Gasteiger partial charge in [-0.25, -0.2) is 4.79 Å².